The molecule has 0 amide bonds. The van der Waals surface area contributed by atoms with E-state index in [2.05, 4.69) is 19.1 Å². The quantitative estimate of drug-likeness (QED) is 0.0863. The molecular weight excluding hydrogens is 400 g/mol. The Bertz CT molecular complexity index is 548. The van der Waals surface area contributed by atoms with Gasteiger partial charge < -0.3 is 0 Å². The zero-order valence-electron chi connectivity index (χ0n) is 20.9. The van der Waals surface area contributed by atoms with Crippen molar-refractivity contribution in [3.8, 4) is 0 Å². The molecule has 4 nitrogen and oxygen atoms in total. The van der Waals surface area contributed by atoms with Gasteiger partial charge in [0, 0.05) is 26.2 Å². The van der Waals surface area contributed by atoms with Gasteiger partial charge in [0.05, 0.1) is 0 Å². The van der Waals surface area contributed by atoms with Crippen molar-refractivity contribution >= 4 is 23.1 Å². The lowest BCUT2D eigenvalue weighted by Crippen LogP contribution is -2.13. The summed E-state index contributed by atoms with van der Waals surface area (Å²) >= 11 is 0. The SMILES string of the molecule is CCCCCCCCCC=CCCCCCCCC(=O)C(=O)CCCCCC(=O)C(C)=O. The zero-order valence-corrected chi connectivity index (χ0v) is 20.9. The van der Waals surface area contributed by atoms with Gasteiger partial charge >= 0.3 is 0 Å². The molecule has 32 heavy (non-hydrogen) atoms. The predicted molar refractivity (Wildman–Crippen MR) is 133 cm³/mol. The second-order valence-electron chi connectivity index (χ2n) is 9.07. The number of hydrogen-bond donors (Lipinski definition) is 0. The van der Waals surface area contributed by atoms with Crippen LogP contribution in [0.25, 0.3) is 0 Å². The summed E-state index contributed by atoms with van der Waals surface area (Å²) in [6.07, 6.45) is 24.6. The summed E-state index contributed by atoms with van der Waals surface area (Å²) in [5, 5.41) is 0. The number of carbonyl (C=O) groups is 4. The summed E-state index contributed by atoms with van der Waals surface area (Å²) in [4.78, 5) is 45.8. The van der Waals surface area contributed by atoms with Crippen LogP contribution in [0, 0.1) is 0 Å². The Morgan fingerprint density at radius 1 is 0.469 bits per heavy atom. The van der Waals surface area contributed by atoms with Gasteiger partial charge in [0.15, 0.2) is 23.1 Å². The first-order valence-corrected chi connectivity index (χ1v) is 13.2. The van der Waals surface area contributed by atoms with E-state index in [0.29, 0.717) is 25.7 Å². The maximum absolute atomic E-state index is 11.9. The highest BCUT2D eigenvalue weighted by molar-refractivity contribution is 6.37. The first-order chi connectivity index (χ1) is 15.5. The van der Waals surface area contributed by atoms with Crippen molar-refractivity contribution in [2.45, 2.75) is 142 Å². The Morgan fingerprint density at radius 3 is 1.25 bits per heavy atom. The monoisotopic (exact) mass is 448 g/mol. The number of ketones is 4. The van der Waals surface area contributed by atoms with Gasteiger partial charge in [-0.05, 0) is 44.9 Å². The summed E-state index contributed by atoms with van der Waals surface area (Å²) < 4.78 is 0. The fourth-order valence-corrected chi connectivity index (χ4v) is 3.74. The molecule has 0 aromatic heterocycles. The van der Waals surface area contributed by atoms with Crippen LogP contribution >= 0.6 is 0 Å². The number of carbonyl (C=O) groups excluding carboxylic acids is 4. The average molecular weight is 449 g/mol. The van der Waals surface area contributed by atoms with Gasteiger partial charge in [-0.1, -0.05) is 83.3 Å². The minimum atomic E-state index is -0.411. The molecule has 0 radical (unpaired) electrons. The van der Waals surface area contributed by atoms with E-state index in [1.807, 2.05) is 0 Å². The molecule has 0 N–H and O–H groups in total. The van der Waals surface area contributed by atoms with E-state index in [0.717, 1.165) is 25.7 Å². The van der Waals surface area contributed by atoms with E-state index in [4.69, 9.17) is 0 Å². The van der Waals surface area contributed by atoms with Crippen LogP contribution in [0.5, 0.6) is 0 Å². The molecule has 0 aliphatic carbocycles. The molecule has 184 valence electrons. The van der Waals surface area contributed by atoms with Crippen LogP contribution in [0.1, 0.15) is 142 Å². The Hall–Kier alpha value is -1.58. The third-order valence-corrected chi connectivity index (χ3v) is 5.93. The maximum atomic E-state index is 11.9. The van der Waals surface area contributed by atoms with E-state index >= 15 is 0 Å². The molecule has 0 rings (SSSR count). The fourth-order valence-electron chi connectivity index (χ4n) is 3.74. The summed E-state index contributed by atoms with van der Waals surface area (Å²) in [5.74, 6) is -1.30. The molecule has 0 bridgehead atoms. The Labute approximate surface area is 197 Å². The molecule has 0 aromatic rings. The maximum Gasteiger partial charge on any atom is 0.198 e. The Kier molecular flexibility index (Phi) is 21.5. The van der Waals surface area contributed by atoms with Gasteiger partial charge in [-0.3, -0.25) is 19.2 Å². The van der Waals surface area contributed by atoms with Gasteiger partial charge in [-0.25, -0.2) is 0 Å². The topological polar surface area (TPSA) is 68.3 Å². The third-order valence-electron chi connectivity index (χ3n) is 5.93. The lowest BCUT2D eigenvalue weighted by Gasteiger charge is -2.02. The highest BCUT2D eigenvalue weighted by Crippen LogP contribution is 2.11. The molecule has 0 saturated carbocycles. The first-order valence-electron chi connectivity index (χ1n) is 13.2. The van der Waals surface area contributed by atoms with Crippen molar-refractivity contribution in [3.63, 3.8) is 0 Å². The Morgan fingerprint density at radius 2 is 0.812 bits per heavy atom. The largest absolute Gasteiger partial charge is 0.291 e. The van der Waals surface area contributed by atoms with Crippen molar-refractivity contribution in [3.05, 3.63) is 12.2 Å². The van der Waals surface area contributed by atoms with Gasteiger partial charge in [0.2, 0.25) is 0 Å². The summed E-state index contributed by atoms with van der Waals surface area (Å²) in [6, 6.07) is 0. The smallest absolute Gasteiger partial charge is 0.198 e. The second-order valence-corrected chi connectivity index (χ2v) is 9.07. The molecule has 0 saturated heterocycles. The average Bonchev–Trinajstić information content (AvgIpc) is 2.77. The highest BCUT2D eigenvalue weighted by Gasteiger charge is 2.13. The molecule has 0 atom stereocenters. The molecule has 0 aromatic carbocycles. The van der Waals surface area contributed by atoms with Gasteiger partial charge in [0.25, 0.3) is 0 Å². The summed E-state index contributed by atoms with van der Waals surface area (Å²) in [5.41, 5.74) is 0. The lowest BCUT2D eigenvalue weighted by atomic mass is 10.0. The normalized spacial score (nSPS) is 11.2. The minimum Gasteiger partial charge on any atom is -0.291 e. The molecule has 0 aliphatic rings. The van der Waals surface area contributed by atoms with E-state index in [9.17, 15) is 19.2 Å². The minimum absolute atomic E-state index is 0.243. The number of Topliss-reactive ketones (excluding diaryl/α,β-unsaturated/α-hetero) is 4. The number of allylic oxidation sites excluding steroid dienone is 2. The molecule has 4 heteroatoms. The molecule has 0 spiro atoms. The molecular formula is C28H48O4. The zero-order chi connectivity index (χ0) is 23.9. The third kappa shape index (κ3) is 20.3. The van der Waals surface area contributed by atoms with Crippen LogP contribution in [-0.2, 0) is 19.2 Å². The summed E-state index contributed by atoms with van der Waals surface area (Å²) in [7, 11) is 0. The fraction of sp³-hybridized carbons (Fsp3) is 0.786. The van der Waals surface area contributed by atoms with Crippen molar-refractivity contribution in [1.29, 1.82) is 0 Å². The number of rotatable bonds is 24. The molecule has 0 unspecified atom stereocenters. The standard InChI is InChI=1S/C28H48O4/c1-3-4-5-6-7-8-9-10-11-12-13-14-15-16-17-19-23-27(31)28(32)24-21-18-20-22-26(30)25(2)29/h11-12H,3-10,13-24H2,1-2H3. The van der Waals surface area contributed by atoms with Crippen LogP contribution in [0.15, 0.2) is 12.2 Å². The number of unbranched alkanes of at least 4 members (excludes halogenated alkanes) is 14. The lowest BCUT2D eigenvalue weighted by molar-refractivity contribution is -0.136. The first kappa shape index (κ1) is 30.4. The van der Waals surface area contributed by atoms with E-state index in [-0.39, 0.29) is 30.2 Å². The summed E-state index contributed by atoms with van der Waals surface area (Å²) in [6.45, 7) is 3.53. The van der Waals surface area contributed by atoms with Crippen LogP contribution in [0.4, 0.5) is 0 Å². The van der Waals surface area contributed by atoms with E-state index in [1.165, 1.54) is 71.1 Å². The van der Waals surface area contributed by atoms with Crippen LogP contribution in [-0.4, -0.2) is 23.1 Å². The van der Waals surface area contributed by atoms with Crippen LogP contribution in [0.2, 0.25) is 0 Å². The van der Waals surface area contributed by atoms with Crippen molar-refractivity contribution < 1.29 is 19.2 Å². The van der Waals surface area contributed by atoms with Gasteiger partial charge in [-0.15, -0.1) is 0 Å². The van der Waals surface area contributed by atoms with Crippen LogP contribution < -0.4 is 0 Å². The van der Waals surface area contributed by atoms with Crippen molar-refractivity contribution in [2.75, 3.05) is 0 Å². The Balaban J connectivity index is 3.43. The highest BCUT2D eigenvalue weighted by atomic mass is 16.2. The van der Waals surface area contributed by atoms with E-state index in [1.54, 1.807) is 0 Å². The molecule has 0 heterocycles. The number of hydrogen-bond acceptors (Lipinski definition) is 4. The van der Waals surface area contributed by atoms with Crippen molar-refractivity contribution in [1.82, 2.24) is 0 Å². The predicted octanol–water partition coefficient (Wildman–Crippen LogP) is 7.66. The van der Waals surface area contributed by atoms with Gasteiger partial charge in [0.1, 0.15) is 0 Å². The molecule has 0 aliphatic heterocycles. The van der Waals surface area contributed by atoms with E-state index < -0.39 is 5.78 Å². The van der Waals surface area contributed by atoms with Gasteiger partial charge in [-0.2, -0.15) is 0 Å². The molecule has 0 fully saturated rings. The second kappa shape index (κ2) is 22.6. The van der Waals surface area contributed by atoms with Crippen LogP contribution in [0.3, 0.4) is 0 Å². The van der Waals surface area contributed by atoms with Crippen molar-refractivity contribution in [2.24, 2.45) is 0 Å².